The van der Waals surface area contributed by atoms with Gasteiger partial charge in [-0.2, -0.15) is 5.10 Å². The van der Waals surface area contributed by atoms with Crippen molar-refractivity contribution in [2.75, 3.05) is 13.1 Å². The molecule has 2 aromatic rings. The fraction of sp³-hybridized carbons (Fsp3) is 0.565. The molecule has 3 saturated heterocycles. The van der Waals surface area contributed by atoms with E-state index in [1.165, 1.54) is 31.2 Å². The number of nitrogens with zero attached hydrogens (tertiary/aromatic N) is 4. The van der Waals surface area contributed by atoms with Gasteiger partial charge in [-0.1, -0.05) is 36.6 Å². The van der Waals surface area contributed by atoms with E-state index in [2.05, 4.69) is 21.1 Å². The fourth-order valence-corrected chi connectivity index (χ4v) is 6.87. The second-order valence-corrected chi connectivity index (χ2v) is 9.64. The zero-order valence-electron chi connectivity index (χ0n) is 16.6. The Kier molecular flexibility index (Phi) is 4.07. The summed E-state index contributed by atoms with van der Waals surface area (Å²) >= 11 is 6.37. The first-order valence-electron chi connectivity index (χ1n) is 11.1. The third-order valence-electron chi connectivity index (χ3n) is 7.93. The largest absolute Gasteiger partial charge is 0.338 e. The number of carbonyl (C=O) groups excluding carboxylic acids is 1. The first-order valence-corrected chi connectivity index (χ1v) is 11.4. The maximum Gasteiger partial charge on any atom is 0.243 e. The fourth-order valence-electron chi connectivity index (χ4n) is 6.65. The number of hydrogen-bond acceptors (Lipinski definition) is 3. The molecule has 3 aliphatic heterocycles. The minimum Gasteiger partial charge on any atom is -0.338 e. The molecule has 4 aliphatic rings. The van der Waals surface area contributed by atoms with Gasteiger partial charge in [-0.3, -0.25) is 9.69 Å². The zero-order chi connectivity index (χ0) is 19.6. The first-order chi connectivity index (χ1) is 14.2. The minimum atomic E-state index is -0.250. The van der Waals surface area contributed by atoms with Crippen molar-refractivity contribution in [1.29, 1.82) is 0 Å². The van der Waals surface area contributed by atoms with Crippen molar-refractivity contribution in [3.8, 4) is 5.69 Å². The Labute approximate surface area is 176 Å². The van der Waals surface area contributed by atoms with Gasteiger partial charge in [0.2, 0.25) is 5.91 Å². The molecule has 0 unspecified atom stereocenters. The van der Waals surface area contributed by atoms with Crippen molar-refractivity contribution >= 4 is 17.5 Å². The molecule has 6 heteroatoms. The van der Waals surface area contributed by atoms with Crippen LogP contribution in [0.25, 0.3) is 5.69 Å². The van der Waals surface area contributed by atoms with E-state index in [1.54, 1.807) is 0 Å². The number of amides is 1. The number of para-hydroxylation sites is 1. The standard InChI is InChI=1S/C23H27ClN4O/c24-19-8-3-4-9-20(19)28-14-16(13-25-28)21-12-17-15-26(18-6-1-2-7-18)22(29)23(17)10-5-11-27(21)23/h3-4,8-9,13-14,17-18,21H,1-2,5-7,10-12,15H2/t17-,21-,23-/m0/s1. The van der Waals surface area contributed by atoms with E-state index in [9.17, 15) is 4.79 Å². The lowest BCUT2D eigenvalue weighted by Gasteiger charge is -2.34. The molecule has 1 aliphatic carbocycles. The maximum atomic E-state index is 13.7. The van der Waals surface area contributed by atoms with E-state index >= 15 is 0 Å². The summed E-state index contributed by atoms with van der Waals surface area (Å²) in [5, 5.41) is 5.30. The third kappa shape index (κ3) is 2.50. The molecule has 29 heavy (non-hydrogen) atoms. The molecule has 4 fully saturated rings. The van der Waals surface area contributed by atoms with E-state index < -0.39 is 0 Å². The van der Waals surface area contributed by atoms with E-state index in [-0.39, 0.29) is 11.6 Å². The highest BCUT2D eigenvalue weighted by molar-refractivity contribution is 6.32. The monoisotopic (exact) mass is 410 g/mol. The smallest absolute Gasteiger partial charge is 0.243 e. The molecule has 1 amide bonds. The van der Waals surface area contributed by atoms with Crippen LogP contribution >= 0.6 is 11.6 Å². The average molecular weight is 411 g/mol. The molecule has 3 atom stereocenters. The summed E-state index contributed by atoms with van der Waals surface area (Å²) < 4.78 is 1.88. The van der Waals surface area contributed by atoms with E-state index in [4.69, 9.17) is 11.6 Å². The van der Waals surface area contributed by atoms with Crippen molar-refractivity contribution in [3.05, 3.63) is 47.2 Å². The van der Waals surface area contributed by atoms with Crippen LogP contribution in [0.5, 0.6) is 0 Å². The molecular formula is C23H27ClN4O. The van der Waals surface area contributed by atoms with Crippen LogP contribution in [0.1, 0.15) is 56.6 Å². The Morgan fingerprint density at radius 3 is 2.79 bits per heavy atom. The molecule has 0 radical (unpaired) electrons. The highest BCUT2D eigenvalue weighted by atomic mass is 35.5. The number of rotatable bonds is 3. The van der Waals surface area contributed by atoms with Crippen LogP contribution < -0.4 is 0 Å². The van der Waals surface area contributed by atoms with E-state index in [0.29, 0.717) is 22.9 Å². The number of carbonyl (C=O) groups is 1. The van der Waals surface area contributed by atoms with Gasteiger partial charge in [-0.05, 0) is 50.8 Å². The summed E-state index contributed by atoms with van der Waals surface area (Å²) in [5.41, 5.74) is 1.86. The lowest BCUT2D eigenvalue weighted by molar-refractivity contribution is -0.138. The summed E-state index contributed by atoms with van der Waals surface area (Å²) in [4.78, 5) is 18.5. The lowest BCUT2D eigenvalue weighted by atomic mass is 9.85. The van der Waals surface area contributed by atoms with Crippen LogP contribution in [-0.2, 0) is 4.79 Å². The normalized spacial score (nSPS) is 32.3. The van der Waals surface area contributed by atoms with Crippen LogP contribution in [0.4, 0.5) is 0 Å². The number of benzene rings is 1. The van der Waals surface area contributed by atoms with Crippen molar-refractivity contribution in [1.82, 2.24) is 19.6 Å². The van der Waals surface area contributed by atoms with Gasteiger partial charge in [-0.25, -0.2) is 4.68 Å². The molecule has 152 valence electrons. The molecule has 0 N–H and O–H groups in total. The van der Waals surface area contributed by atoms with Gasteiger partial charge in [0, 0.05) is 36.3 Å². The van der Waals surface area contributed by atoms with Gasteiger partial charge in [-0.15, -0.1) is 0 Å². The average Bonchev–Trinajstić information content (AvgIpc) is 3.51. The van der Waals surface area contributed by atoms with Crippen LogP contribution in [0.15, 0.2) is 36.7 Å². The molecule has 4 heterocycles. The molecule has 1 aromatic heterocycles. The predicted octanol–water partition coefficient (Wildman–Crippen LogP) is 4.21. The Balaban J connectivity index is 1.30. The molecular weight excluding hydrogens is 384 g/mol. The molecule has 6 rings (SSSR count). The first kappa shape index (κ1) is 18.0. The SMILES string of the molecule is O=C1N(C2CCCC2)C[C@@H]2C[C@@H](c3cnn(-c4ccccc4Cl)c3)N3CCC[C@@]123. The molecule has 1 saturated carbocycles. The van der Waals surface area contributed by atoms with Gasteiger partial charge in [0.25, 0.3) is 0 Å². The van der Waals surface area contributed by atoms with Crippen LogP contribution in [0.3, 0.4) is 0 Å². The van der Waals surface area contributed by atoms with Gasteiger partial charge >= 0.3 is 0 Å². The Morgan fingerprint density at radius 1 is 1.14 bits per heavy atom. The van der Waals surface area contributed by atoms with Gasteiger partial charge in [0.15, 0.2) is 0 Å². The topological polar surface area (TPSA) is 41.4 Å². The zero-order valence-corrected chi connectivity index (χ0v) is 17.4. The van der Waals surface area contributed by atoms with Crippen molar-refractivity contribution in [2.24, 2.45) is 5.92 Å². The van der Waals surface area contributed by atoms with Crippen LogP contribution in [-0.4, -0.2) is 50.2 Å². The number of aromatic nitrogens is 2. The Hall–Kier alpha value is -1.85. The summed E-state index contributed by atoms with van der Waals surface area (Å²) in [6.45, 7) is 1.97. The molecule has 5 nitrogen and oxygen atoms in total. The maximum absolute atomic E-state index is 13.7. The molecule has 1 aromatic carbocycles. The third-order valence-corrected chi connectivity index (χ3v) is 8.25. The van der Waals surface area contributed by atoms with Gasteiger partial charge in [0.1, 0.15) is 5.54 Å². The minimum absolute atomic E-state index is 0.250. The summed E-state index contributed by atoms with van der Waals surface area (Å²) in [5.74, 6) is 0.875. The second-order valence-electron chi connectivity index (χ2n) is 9.24. The number of halogens is 1. The molecule has 1 spiro atoms. The van der Waals surface area contributed by atoms with E-state index in [1.807, 2.05) is 35.1 Å². The van der Waals surface area contributed by atoms with Crippen molar-refractivity contribution in [3.63, 3.8) is 0 Å². The van der Waals surface area contributed by atoms with Gasteiger partial charge in [0.05, 0.1) is 16.9 Å². The quantitative estimate of drug-likeness (QED) is 0.761. The van der Waals surface area contributed by atoms with Crippen LogP contribution in [0, 0.1) is 5.92 Å². The highest BCUT2D eigenvalue weighted by Crippen LogP contribution is 2.56. The van der Waals surface area contributed by atoms with Crippen LogP contribution in [0.2, 0.25) is 5.02 Å². The summed E-state index contributed by atoms with van der Waals surface area (Å²) in [6, 6.07) is 8.57. The predicted molar refractivity (Wildman–Crippen MR) is 112 cm³/mol. The second kappa shape index (κ2) is 6.58. The molecule has 0 bridgehead atoms. The van der Waals surface area contributed by atoms with Crippen molar-refractivity contribution < 1.29 is 4.79 Å². The number of hydrogen-bond donors (Lipinski definition) is 0. The summed E-state index contributed by atoms with van der Waals surface area (Å²) in [6.07, 6.45) is 12.2. The Bertz CT molecular complexity index is 952. The number of likely N-dealkylation sites (tertiary alicyclic amines) is 1. The van der Waals surface area contributed by atoms with E-state index in [0.717, 1.165) is 38.0 Å². The van der Waals surface area contributed by atoms with Crippen molar-refractivity contribution in [2.45, 2.75) is 62.6 Å². The summed E-state index contributed by atoms with van der Waals surface area (Å²) in [7, 11) is 0. The Morgan fingerprint density at radius 2 is 1.97 bits per heavy atom. The highest BCUT2D eigenvalue weighted by Gasteiger charge is 2.65. The van der Waals surface area contributed by atoms with Gasteiger partial charge < -0.3 is 4.90 Å². The lowest BCUT2D eigenvalue weighted by Crippen LogP contribution is -2.51.